The summed E-state index contributed by atoms with van der Waals surface area (Å²) in [4.78, 5) is 16.5. The van der Waals surface area contributed by atoms with Crippen molar-refractivity contribution < 1.29 is 18.8 Å². The second kappa shape index (κ2) is 8.35. The van der Waals surface area contributed by atoms with E-state index in [0.29, 0.717) is 23.2 Å². The molecule has 1 aromatic heterocycles. The second-order valence-electron chi connectivity index (χ2n) is 6.04. The molecular formula is C20H21N3O4. The highest BCUT2D eigenvalue weighted by molar-refractivity contribution is 5.80. The first kappa shape index (κ1) is 18.4. The van der Waals surface area contributed by atoms with Crippen molar-refractivity contribution >= 4 is 5.91 Å². The third kappa shape index (κ3) is 4.84. The molecule has 3 rings (SSSR count). The molecule has 0 spiro atoms. The number of hydrogen-bond acceptors (Lipinski definition) is 6. The molecule has 0 aliphatic carbocycles. The first-order chi connectivity index (χ1) is 13.0. The summed E-state index contributed by atoms with van der Waals surface area (Å²) in [6, 6.07) is 14.9. The van der Waals surface area contributed by atoms with Crippen molar-refractivity contribution in [3.8, 4) is 22.9 Å². The van der Waals surface area contributed by atoms with E-state index in [2.05, 4.69) is 15.5 Å². The number of aryl methyl sites for hydroxylation is 1. The Morgan fingerprint density at radius 3 is 2.74 bits per heavy atom. The summed E-state index contributed by atoms with van der Waals surface area (Å²) in [5.74, 6) is 1.83. The minimum Gasteiger partial charge on any atom is -0.497 e. The molecule has 0 saturated carbocycles. The Labute approximate surface area is 157 Å². The fourth-order valence-electron chi connectivity index (χ4n) is 2.46. The fraction of sp³-hybridized carbons (Fsp3) is 0.250. The van der Waals surface area contributed by atoms with Gasteiger partial charge in [-0.2, -0.15) is 4.98 Å². The quantitative estimate of drug-likeness (QED) is 0.690. The number of nitrogens with one attached hydrogen (secondary N) is 1. The largest absolute Gasteiger partial charge is 0.497 e. The van der Waals surface area contributed by atoms with Gasteiger partial charge in [0.15, 0.2) is 6.10 Å². The topological polar surface area (TPSA) is 86.5 Å². The molecule has 7 heteroatoms. The summed E-state index contributed by atoms with van der Waals surface area (Å²) in [5, 5.41) is 6.67. The van der Waals surface area contributed by atoms with E-state index in [9.17, 15) is 4.79 Å². The van der Waals surface area contributed by atoms with E-state index in [1.807, 2.05) is 55.5 Å². The maximum absolute atomic E-state index is 12.2. The highest BCUT2D eigenvalue weighted by atomic mass is 16.5. The van der Waals surface area contributed by atoms with Crippen LogP contribution in [0.3, 0.4) is 0 Å². The predicted molar refractivity (Wildman–Crippen MR) is 99.4 cm³/mol. The molecule has 0 radical (unpaired) electrons. The van der Waals surface area contributed by atoms with E-state index >= 15 is 0 Å². The van der Waals surface area contributed by atoms with Crippen molar-refractivity contribution in [1.29, 1.82) is 0 Å². The molecule has 27 heavy (non-hydrogen) atoms. The van der Waals surface area contributed by atoms with Gasteiger partial charge in [-0.1, -0.05) is 29.4 Å². The molecule has 0 aliphatic heterocycles. The van der Waals surface area contributed by atoms with Crippen LogP contribution in [0.2, 0.25) is 0 Å². The fourth-order valence-corrected chi connectivity index (χ4v) is 2.46. The number of carbonyl (C=O) groups excluding carboxylic acids is 1. The second-order valence-corrected chi connectivity index (χ2v) is 6.04. The summed E-state index contributed by atoms with van der Waals surface area (Å²) in [7, 11) is 1.59. The Kier molecular flexibility index (Phi) is 5.71. The lowest BCUT2D eigenvalue weighted by Gasteiger charge is -2.14. The Morgan fingerprint density at radius 1 is 1.19 bits per heavy atom. The predicted octanol–water partition coefficient (Wildman–Crippen LogP) is 3.14. The average Bonchev–Trinajstić information content (AvgIpc) is 3.15. The van der Waals surface area contributed by atoms with Gasteiger partial charge in [-0.3, -0.25) is 4.79 Å². The number of carbonyl (C=O) groups is 1. The lowest BCUT2D eigenvalue weighted by molar-refractivity contribution is -0.127. The minimum absolute atomic E-state index is 0.122. The van der Waals surface area contributed by atoms with Crippen molar-refractivity contribution in [2.45, 2.75) is 26.5 Å². The third-order valence-corrected chi connectivity index (χ3v) is 3.88. The number of methoxy groups -OCH3 is 1. The van der Waals surface area contributed by atoms with E-state index in [0.717, 1.165) is 11.1 Å². The molecule has 2 aromatic carbocycles. The van der Waals surface area contributed by atoms with E-state index in [1.165, 1.54) is 0 Å². The van der Waals surface area contributed by atoms with Gasteiger partial charge in [0.1, 0.15) is 11.5 Å². The van der Waals surface area contributed by atoms with Gasteiger partial charge >= 0.3 is 0 Å². The third-order valence-electron chi connectivity index (χ3n) is 3.88. The molecule has 140 valence electrons. The summed E-state index contributed by atoms with van der Waals surface area (Å²) in [5.41, 5.74) is 1.84. The van der Waals surface area contributed by atoms with Gasteiger partial charge < -0.3 is 19.3 Å². The maximum Gasteiger partial charge on any atom is 0.261 e. The van der Waals surface area contributed by atoms with E-state index in [-0.39, 0.29) is 12.5 Å². The molecule has 0 unspecified atom stereocenters. The number of benzene rings is 2. The Balaban J connectivity index is 1.56. The monoisotopic (exact) mass is 367 g/mol. The number of nitrogens with zero attached hydrogens (tertiary/aromatic N) is 2. The summed E-state index contributed by atoms with van der Waals surface area (Å²) in [6.07, 6.45) is -0.646. The van der Waals surface area contributed by atoms with E-state index in [1.54, 1.807) is 14.0 Å². The minimum atomic E-state index is -0.646. The zero-order chi connectivity index (χ0) is 19.2. The van der Waals surface area contributed by atoms with Crippen LogP contribution in [0.4, 0.5) is 0 Å². The molecule has 1 amide bonds. The van der Waals surface area contributed by atoms with Crippen LogP contribution < -0.4 is 14.8 Å². The standard InChI is InChI=1S/C20H21N3O4/c1-13-6-4-9-17(10-13)26-14(2)20(24)21-12-18-22-19(23-27-18)15-7-5-8-16(11-15)25-3/h4-11,14H,12H2,1-3H3,(H,21,24)/t14-/m0/s1. The van der Waals surface area contributed by atoms with Crippen LogP contribution in [0.15, 0.2) is 53.1 Å². The van der Waals surface area contributed by atoms with Crippen molar-refractivity contribution in [3.63, 3.8) is 0 Å². The molecule has 7 nitrogen and oxygen atoms in total. The molecular weight excluding hydrogens is 346 g/mol. The van der Waals surface area contributed by atoms with Crippen LogP contribution in [-0.4, -0.2) is 29.3 Å². The summed E-state index contributed by atoms with van der Waals surface area (Å²) < 4.78 is 16.0. The smallest absolute Gasteiger partial charge is 0.261 e. The molecule has 0 saturated heterocycles. The van der Waals surface area contributed by atoms with Gasteiger partial charge in [0.05, 0.1) is 13.7 Å². The highest BCUT2D eigenvalue weighted by Gasteiger charge is 2.16. The van der Waals surface area contributed by atoms with E-state index < -0.39 is 6.10 Å². The SMILES string of the molecule is COc1cccc(-c2noc(CNC(=O)[C@H](C)Oc3cccc(C)c3)n2)c1. The number of hydrogen-bond donors (Lipinski definition) is 1. The molecule has 0 aliphatic rings. The molecule has 0 fully saturated rings. The Bertz CT molecular complexity index is 923. The normalized spacial score (nSPS) is 11.7. The van der Waals surface area contributed by atoms with Crippen molar-refractivity contribution in [1.82, 2.24) is 15.5 Å². The number of ether oxygens (including phenoxy) is 2. The Hall–Kier alpha value is -3.35. The molecule has 1 atom stereocenters. The van der Waals surface area contributed by atoms with Gasteiger partial charge in [-0.25, -0.2) is 0 Å². The van der Waals surface area contributed by atoms with Gasteiger partial charge in [0.2, 0.25) is 11.7 Å². The average molecular weight is 367 g/mol. The molecule has 3 aromatic rings. The highest BCUT2D eigenvalue weighted by Crippen LogP contribution is 2.21. The van der Waals surface area contributed by atoms with Crippen LogP contribution >= 0.6 is 0 Å². The number of aromatic nitrogens is 2. The van der Waals surface area contributed by atoms with Gasteiger partial charge in [0.25, 0.3) is 5.91 Å². The molecule has 1 heterocycles. The van der Waals surface area contributed by atoms with E-state index in [4.69, 9.17) is 14.0 Å². The summed E-state index contributed by atoms with van der Waals surface area (Å²) in [6.45, 7) is 3.78. The Morgan fingerprint density at radius 2 is 1.96 bits per heavy atom. The van der Waals surface area contributed by atoms with Gasteiger partial charge in [-0.15, -0.1) is 0 Å². The molecule has 0 bridgehead atoms. The van der Waals surface area contributed by atoms with Crippen LogP contribution in [0.25, 0.3) is 11.4 Å². The van der Waals surface area contributed by atoms with Crippen LogP contribution in [0, 0.1) is 6.92 Å². The van der Waals surface area contributed by atoms with Crippen LogP contribution in [0.5, 0.6) is 11.5 Å². The van der Waals surface area contributed by atoms with Crippen LogP contribution in [-0.2, 0) is 11.3 Å². The van der Waals surface area contributed by atoms with Crippen molar-refractivity contribution in [2.75, 3.05) is 7.11 Å². The lowest BCUT2D eigenvalue weighted by atomic mass is 10.2. The first-order valence-corrected chi connectivity index (χ1v) is 8.53. The van der Waals surface area contributed by atoms with Crippen molar-refractivity contribution in [2.24, 2.45) is 0 Å². The first-order valence-electron chi connectivity index (χ1n) is 8.53. The van der Waals surface area contributed by atoms with Crippen LogP contribution in [0.1, 0.15) is 18.4 Å². The van der Waals surface area contributed by atoms with Gasteiger partial charge in [0, 0.05) is 5.56 Å². The number of amides is 1. The van der Waals surface area contributed by atoms with Gasteiger partial charge in [-0.05, 0) is 43.7 Å². The number of rotatable bonds is 7. The zero-order valence-corrected chi connectivity index (χ0v) is 15.4. The zero-order valence-electron chi connectivity index (χ0n) is 15.4. The molecule has 1 N–H and O–H groups in total. The lowest BCUT2D eigenvalue weighted by Crippen LogP contribution is -2.36. The van der Waals surface area contributed by atoms with Crippen molar-refractivity contribution in [3.05, 3.63) is 60.0 Å². The summed E-state index contributed by atoms with van der Waals surface area (Å²) >= 11 is 0. The maximum atomic E-state index is 12.2.